The third kappa shape index (κ3) is 6.00. The molecule has 11 heteroatoms. The van der Waals surface area contributed by atoms with E-state index in [1.807, 2.05) is 64.0 Å². The summed E-state index contributed by atoms with van der Waals surface area (Å²) >= 11 is 0. The Labute approximate surface area is 253 Å². The summed E-state index contributed by atoms with van der Waals surface area (Å²) in [5, 5.41) is 12.2. The molecule has 0 fully saturated rings. The number of aromatic nitrogens is 6. The van der Waals surface area contributed by atoms with Gasteiger partial charge in [-0.1, -0.05) is 20.8 Å². The van der Waals surface area contributed by atoms with E-state index in [1.165, 1.54) is 12.1 Å². The van der Waals surface area contributed by atoms with Gasteiger partial charge in [-0.25, -0.2) is 9.37 Å². The standard InChI is InChI=1S/C33H33FN8O2/c1-33(2,3)32(43)38-23-9-20(14-35-16-23)21-11-26-30(40-41-31(26)37-15-21)28-13-25-27(17-36-18-29(25)39-28)19-8-22(34)12-24(10-19)44-7-6-42(4)5/h8-18,39H,6-7H2,1-5H3,(H,38,43)(H,37,40,41). The number of hydrogen-bond acceptors (Lipinski definition) is 7. The van der Waals surface area contributed by atoms with Crippen LogP contribution in [-0.2, 0) is 4.79 Å². The Kier molecular flexibility index (Phi) is 7.56. The molecule has 1 amide bonds. The number of nitrogens with one attached hydrogen (secondary N) is 3. The highest BCUT2D eigenvalue weighted by molar-refractivity contribution is 6.01. The summed E-state index contributed by atoms with van der Waals surface area (Å²) < 4.78 is 20.5. The van der Waals surface area contributed by atoms with Gasteiger partial charge in [-0.2, -0.15) is 5.10 Å². The van der Waals surface area contributed by atoms with E-state index in [0.29, 0.717) is 41.5 Å². The first-order valence-electron chi connectivity index (χ1n) is 14.2. The quantitative estimate of drug-likeness (QED) is 0.190. The van der Waals surface area contributed by atoms with Crippen molar-refractivity contribution in [2.24, 2.45) is 5.41 Å². The first-order chi connectivity index (χ1) is 21.0. The second-order valence-corrected chi connectivity index (χ2v) is 12.0. The lowest BCUT2D eigenvalue weighted by atomic mass is 9.95. The molecule has 0 radical (unpaired) electrons. The van der Waals surface area contributed by atoms with Crippen molar-refractivity contribution in [3.05, 3.63) is 73.2 Å². The van der Waals surface area contributed by atoms with Gasteiger partial charge in [0, 0.05) is 64.1 Å². The molecule has 44 heavy (non-hydrogen) atoms. The van der Waals surface area contributed by atoms with Crippen molar-refractivity contribution < 1.29 is 13.9 Å². The summed E-state index contributed by atoms with van der Waals surface area (Å²) in [4.78, 5) is 31.3. The second kappa shape index (κ2) is 11.5. The van der Waals surface area contributed by atoms with E-state index >= 15 is 0 Å². The van der Waals surface area contributed by atoms with Gasteiger partial charge >= 0.3 is 0 Å². The number of nitrogens with zero attached hydrogens (tertiary/aromatic N) is 5. The number of likely N-dealkylation sites (N-methyl/N-ethyl adjacent to an activating group) is 1. The van der Waals surface area contributed by atoms with Crippen LogP contribution in [0.2, 0.25) is 0 Å². The van der Waals surface area contributed by atoms with Crippen LogP contribution in [0.25, 0.3) is 55.6 Å². The fourth-order valence-electron chi connectivity index (χ4n) is 4.81. The SMILES string of the molecule is CN(C)CCOc1cc(F)cc(-c2cncc3[nH]c(-c4n[nH]c5ncc(-c6cncc(NC(=O)C(C)(C)C)c6)cc45)cc23)c1. The van der Waals surface area contributed by atoms with Gasteiger partial charge in [0.2, 0.25) is 5.91 Å². The molecule has 0 bridgehead atoms. The molecule has 0 saturated carbocycles. The minimum atomic E-state index is -0.534. The predicted molar refractivity (Wildman–Crippen MR) is 170 cm³/mol. The summed E-state index contributed by atoms with van der Waals surface area (Å²) in [6.07, 6.45) is 8.55. The molecule has 5 aromatic heterocycles. The lowest BCUT2D eigenvalue weighted by Gasteiger charge is -2.17. The van der Waals surface area contributed by atoms with Crippen LogP contribution in [0.4, 0.5) is 10.1 Å². The number of ether oxygens (including phenoxy) is 1. The molecule has 0 unspecified atom stereocenters. The monoisotopic (exact) mass is 592 g/mol. The van der Waals surface area contributed by atoms with Crippen molar-refractivity contribution in [1.29, 1.82) is 0 Å². The first kappa shape index (κ1) is 28.9. The number of carbonyl (C=O) groups excluding carboxylic acids is 1. The van der Waals surface area contributed by atoms with Crippen molar-refractivity contribution in [3.8, 4) is 39.4 Å². The van der Waals surface area contributed by atoms with E-state index in [4.69, 9.17) is 4.74 Å². The minimum Gasteiger partial charge on any atom is -0.492 e. The number of H-pyrrole nitrogens is 2. The van der Waals surface area contributed by atoms with E-state index in [1.54, 1.807) is 31.0 Å². The summed E-state index contributed by atoms with van der Waals surface area (Å²) in [5.74, 6) is -0.0206. The number of amides is 1. The van der Waals surface area contributed by atoms with Crippen LogP contribution in [0.3, 0.4) is 0 Å². The number of pyridine rings is 3. The van der Waals surface area contributed by atoms with Crippen LogP contribution < -0.4 is 10.1 Å². The van der Waals surface area contributed by atoms with Gasteiger partial charge in [0.15, 0.2) is 5.65 Å². The highest BCUT2D eigenvalue weighted by Crippen LogP contribution is 2.36. The maximum atomic E-state index is 14.7. The van der Waals surface area contributed by atoms with Gasteiger partial charge in [-0.05, 0) is 50.0 Å². The number of hydrogen-bond donors (Lipinski definition) is 3. The Hall–Kier alpha value is -5.16. The molecule has 0 aliphatic carbocycles. The van der Waals surface area contributed by atoms with Crippen molar-refractivity contribution in [1.82, 2.24) is 35.0 Å². The summed E-state index contributed by atoms with van der Waals surface area (Å²) in [5.41, 5.74) is 5.95. The normalized spacial score (nSPS) is 11.9. The zero-order valence-corrected chi connectivity index (χ0v) is 25.2. The van der Waals surface area contributed by atoms with Crippen molar-refractivity contribution in [2.75, 3.05) is 32.6 Å². The van der Waals surface area contributed by atoms with Crippen LogP contribution >= 0.6 is 0 Å². The highest BCUT2D eigenvalue weighted by Gasteiger charge is 2.22. The molecule has 6 rings (SSSR count). The van der Waals surface area contributed by atoms with E-state index in [9.17, 15) is 9.18 Å². The van der Waals surface area contributed by atoms with E-state index in [0.717, 1.165) is 38.7 Å². The van der Waals surface area contributed by atoms with Gasteiger partial charge in [0.25, 0.3) is 0 Å². The summed E-state index contributed by atoms with van der Waals surface area (Å²) in [7, 11) is 3.92. The summed E-state index contributed by atoms with van der Waals surface area (Å²) in [6, 6.07) is 10.5. The average Bonchev–Trinajstić information content (AvgIpc) is 3.60. The van der Waals surface area contributed by atoms with E-state index < -0.39 is 5.41 Å². The number of rotatable bonds is 8. The molecule has 3 N–H and O–H groups in total. The smallest absolute Gasteiger partial charge is 0.229 e. The zero-order valence-electron chi connectivity index (χ0n) is 25.2. The Bertz CT molecular complexity index is 1990. The zero-order chi connectivity index (χ0) is 31.0. The fraction of sp³-hybridized carbons (Fsp3) is 0.242. The van der Waals surface area contributed by atoms with Crippen LogP contribution in [-0.4, -0.2) is 68.2 Å². The van der Waals surface area contributed by atoms with Gasteiger partial charge in [0.1, 0.15) is 23.9 Å². The number of fused-ring (bicyclic) bond motifs is 2. The Morgan fingerprint density at radius 3 is 2.52 bits per heavy atom. The van der Waals surface area contributed by atoms with Crippen LogP contribution in [0.5, 0.6) is 5.75 Å². The number of carbonyl (C=O) groups is 1. The van der Waals surface area contributed by atoms with Gasteiger partial charge in [0.05, 0.1) is 29.3 Å². The molecule has 6 aromatic rings. The van der Waals surface area contributed by atoms with Gasteiger partial charge in [-0.3, -0.25) is 19.9 Å². The minimum absolute atomic E-state index is 0.0962. The Morgan fingerprint density at radius 1 is 0.932 bits per heavy atom. The van der Waals surface area contributed by atoms with Crippen molar-refractivity contribution in [2.45, 2.75) is 20.8 Å². The largest absolute Gasteiger partial charge is 0.492 e. The topological polar surface area (TPSA) is 125 Å². The van der Waals surface area contributed by atoms with Crippen molar-refractivity contribution >= 4 is 33.5 Å². The maximum Gasteiger partial charge on any atom is 0.229 e. The molecule has 10 nitrogen and oxygen atoms in total. The molecule has 0 atom stereocenters. The fourth-order valence-corrected chi connectivity index (χ4v) is 4.81. The second-order valence-electron chi connectivity index (χ2n) is 12.0. The lowest BCUT2D eigenvalue weighted by Crippen LogP contribution is -2.27. The Morgan fingerprint density at radius 2 is 1.73 bits per heavy atom. The molecular formula is C33H33FN8O2. The number of aromatic amines is 2. The number of anilines is 1. The highest BCUT2D eigenvalue weighted by atomic mass is 19.1. The van der Waals surface area contributed by atoms with Crippen LogP contribution in [0, 0.1) is 11.2 Å². The molecule has 1 aromatic carbocycles. The lowest BCUT2D eigenvalue weighted by molar-refractivity contribution is -0.123. The number of benzene rings is 1. The molecule has 0 aliphatic rings. The average molecular weight is 593 g/mol. The van der Waals surface area contributed by atoms with Crippen molar-refractivity contribution in [3.63, 3.8) is 0 Å². The van der Waals surface area contributed by atoms with Gasteiger partial charge < -0.3 is 19.9 Å². The molecule has 0 spiro atoms. The van der Waals surface area contributed by atoms with E-state index in [-0.39, 0.29) is 11.7 Å². The van der Waals surface area contributed by atoms with Crippen LogP contribution in [0.1, 0.15) is 20.8 Å². The molecular weight excluding hydrogens is 559 g/mol. The van der Waals surface area contributed by atoms with E-state index in [2.05, 4.69) is 35.5 Å². The van der Waals surface area contributed by atoms with Gasteiger partial charge in [-0.15, -0.1) is 0 Å². The predicted octanol–water partition coefficient (Wildman–Crippen LogP) is 6.29. The summed E-state index contributed by atoms with van der Waals surface area (Å²) in [6.45, 7) is 6.74. The molecule has 0 aliphatic heterocycles. The third-order valence-electron chi connectivity index (χ3n) is 7.22. The molecule has 224 valence electrons. The molecule has 0 saturated heterocycles. The Balaban J connectivity index is 1.35. The van der Waals surface area contributed by atoms with Crippen LogP contribution in [0.15, 0.2) is 67.4 Å². The number of halogens is 1. The third-order valence-corrected chi connectivity index (χ3v) is 7.22. The molecule has 5 heterocycles. The maximum absolute atomic E-state index is 14.7. The first-order valence-corrected chi connectivity index (χ1v) is 14.2.